The Labute approximate surface area is 303 Å². The second kappa shape index (κ2) is 10.2. The van der Waals surface area contributed by atoms with Crippen molar-refractivity contribution in [3.63, 3.8) is 0 Å². The number of aromatic nitrogens is 2. The Kier molecular flexibility index (Phi) is 5.78. The van der Waals surface area contributed by atoms with E-state index in [2.05, 4.69) is 33.4 Å². The van der Waals surface area contributed by atoms with E-state index in [0.717, 1.165) is 73.5 Å². The van der Waals surface area contributed by atoms with Crippen molar-refractivity contribution in [1.29, 1.82) is 0 Å². The van der Waals surface area contributed by atoms with E-state index in [1.54, 1.807) is 34.8 Å². The third-order valence-electron chi connectivity index (χ3n) is 10.8. The number of nitrogens with zero attached hydrogens (tertiary/aromatic N) is 2. The maximum atomic E-state index is 13.5. The third kappa shape index (κ3) is 3.88. The first-order valence-electron chi connectivity index (χ1n) is 16.9. The van der Waals surface area contributed by atoms with Gasteiger partial charge in [-0.3, -0.25) is 19.2 Å². The molecule has 0 fully saturated rings. The largest absolute Gasteiger partial charge is 0.343 e. The summed E-state index contributed by atoms with van der Waals surface area (Å²) in [5.41, 5.74) is 6.47. The monoisotopic (exact) mass is 708 g/mol. The minimum atomic E-state index is -0.228. The first kappa shape index (κ1) is 29.5. The van der Waals surface area contributed by atoms with Crippen molar-refractivity contribution in [3.05, 3.63) is 140 Å². The molecular weight excluding hydrogens is 685 g/mol. The number of carbonyl (C=O) groups is 4. The number of benzene rings is 5. The first-order valence-corrected chi connectivity index (χ1v) is 18.5. The number of carbonyl (C=O) groups excluding carboxylic acids is 4. The van der Waals surface area contributed by atoms with Crippen LogP contribution < -0.4 is 0 Å². The number of allylic oxidation sites excluding steroid dienone is 2. The third-order valence-corrected chi connectivity index (χ3v) is 13.0. The van der Waals surface area contributed by atoms with Crippen LogP contribution in [0.3, 0.4) is 0 Å². The minimum Gasteiger partial charge on any atom is -0.343 e. The highest BCUT2D eigenvalue weighted by atomic mass is 32.1. The van der Waals surface area contributed by atoms with Gasteiger partial charge in [0.2, 0.25) is 0 Å². The topological polar surface area (TPSA) is 78.1 Å². The van der Waals surface area contributed by atoms with Gasteiger partial charge < -0.3 is 9.13 Å². The normalized spacial score (nSPS) is 14.4. The second-order valence-corrected chi connectivity index (χ2v) is 15.8. The van der Waals surface area contributed by atoms with E-state index in [1.807, 2.05) is 86.9 Å². The Morgan fingerprint density at radius 1 is 0.442 bits per heavy atom. The average Bonchev–Trinajstić information content (AvgIpc) is 3.97. The molecular formula is C44H24N2O4S2. The summed E-state index contributed by atoms with van der Waals surface area (Å²) >= 11 is 3.16. The summed E-state index contributed by atoms with van der Waals surface area (Å²) in [5, 5.41) is 5.96. The van der Waals surface area contributed by atoms with E-state index in [-0.39, 0.29) is 34.3 Å². The highest BCUT2D eigenvalue weighted by molar-refractivity contribution is 7.21. The lowest BCUT2D eigenvalue weighted by Gasteiger charge is -2.01. The van der Waals surface area contributed by atoms with Crippen LogP contribution >= 0.6 is 22.7 Å². The van der Waals surface area contributed by atoms with E-state index in [9.17, 15) is 19.2 Å². The first-order chi connectivity index (χ1) is 25.2. The number of thiophene rings is 2. The fraction of sp³-hybridized carbons (Fsp3) is 0.0455. The average molecular weight is 709 g/mol. The van der Waals surface area contributed by atoms with Crippen molar-refractivity contribution in [2.75, 3.05) is 0 Å². The lowest BCUT2D eigenvalue weighted by atomic mass is 10.0. The van der Waals surface area contributed by atoms with Crippen molar-refractivity contribution >= 4 is 122 Å². The Bertz CT molecular complexity index is 2950. The highest BCUT2D eigenvalue weighted by Gasteiger charge is 2.35. The van der Waals surface area contributed by atoms with Gasteiger partial charge in [0, 0.05) is 56.9 Å². The van der Waals surface area contributed by atoms with Crippen LogP contribution in [0.15, 0.2) is 108 Å². The molecule has 4 heterocycles. The number of ketones is 4. The lowest BCUT2D eigenvalue weighted by molar-refractivity contribution is 0.0975. The van der Waals surface area contributed by atoms with Crippen molar-refractivity contribution < 1.29 is 19.2 Å². The zero-order valence-electron chi connectivity index (χ0n) is 27.7. The van der Waals surface area contributed by atoms with E-state index >= 15 is 0 Å². The van der Waals surface area contributed by atoms with Crippen molar-refractivity contribution in [2.24, 2.45) is 14.1 Å². The van der Waals surface area contributed by atoms with Crippen LogP contribution in [0.2, 0.25) is 0 Å². The Morgan fingerprint density at radius 2 is 0.769 bits per heavy atom. The van der Waals surface area contributed by atoms with Crippen LogP contribution in [0.1, 0.15) is 51.2 Å². The van der Waals surface area contributed by atoms with Gasteiger partial charge in [0.1, 0.15) is 0 Å². The molecule has 0 radical (unpaired) electrons. The summed E-state index contributed by atoms with van der Waals surface area (Å²) in [5.74, 6) is -0.913. The summed E-state index contributed by atoms with van der Waals surface area (Å²) < 4.78 is 6.50. The SMILES string of the molecule is Cn1c2cc3c4sc(C=C5C(=O)c6cc7ccccc7cc6C5=O)cc4n(C)c3cc2c2sc(C=C3C(=O)c4cc5ccccc5cc4C3=O)cc21. The second-order valence-electron chi connectivity index (χ2n) is 13.7. The molecule has 4 aromatic heterocycles. The van der Waals surface area contributed by atoms with Gasteiger partial charge >= 0.3 is 0 Å². The molecule has 0 spiro atoms. The summed E-state index contributed by atoms with van der Waals surface area (Å²) in [4.78, 5) is 55.5. The minimum absolute atomic E-state index is 0.204. The molecule has 9 aromatic rings. The van der Waals surface area contributed by atoms with Gasteiger partial charge in [-0.2, -0.15) is 0 Å². The van der Waals surface area contributed by atoms with Crippen LogP contribution in [-0.2, 0) is 14.1 Å². The molecule has 0 bridgehead atoms. The number of rotatable bonds is 2. The van der Waals surface area contributed by atoms with Gasteiger partial charge in [-0.05, 0) is 82.2 Å². The molecule has 52 heavy (non-hydrogen) atoms. The molecule has 246 valence electrons. The summed E-state index contributed by atoms with van der Waals surface area (Å²) in [6, 6.07) is 31.4. The molecule has 8 heteroatoms. The van der Waals surface area contributed by atoms with Crippen LogP contribution in [0.5, 0.6) is 0 Å². The Morgan fingerprint density at radius 3 is 1.10 bits per heavy atom. The maximum absolute atomic E-state index is 13.5. The summed E-state index contributed by atoms with van der Waals surface area (Å²) in [7, 11) is 4.08. The predicted octanol–water partition coefficient (Wildman–Crippen LogP) is 10.3. The van der Waals surface area contributed by atoms with E-state index < -0.39 is 0 Å². The quantitative estimate of drug-likeness (QED) is 0.132. The van der Waals surface area contributed by atoms with Crippen LogP contribution in [-0.4, -0.2) is 32.3 Å². The smallest absolute Gasteiger partial charge is 0.197 e. The van der Waals surface area contributed by atoms with E-state index in [0.29, 0.717) is 22.3 Å². The van der Waals surface area contributed by atoms with Crippen molar-refractivity contribution in [2.45, 2.75) is 0 Å². The molecule has 0 atom stereocenters. The van der Waals surface area contributed by atoms with Gasteiger partial charge in [-0.1, -0.05) is 48.5 Å². The molecule has 11 rings (SSSR count). The zero-order valence-corrected chi connectivity index (χ0v) is 29.4. The van der Waals surface area contributed by atoms with Crippen molar-refractivity contribution in [3.8, 4) is 0 Å². The number of hydrogen-bond acceptors (Lipinski definition) is 6. The lowest BCUT2D eigenvalue weighted by Crippen LogP contribution is -1.99. The molecule has 0 amide bonds. The predicted molar refractivity (Wildman–Crippen MR) is 211 cm³/mol. The summed E-state index contributed by atoms with van der Waals surface area (Å²) in [6.07, 6.45) is 3.50. The fourth-order valence-electron chi connectivity index (χ4n) is 8.15. The van der Waals surface area contributed by atoms with Gasteiger partial charge in [0.05, 0.1) is 42.6 Å². The van der Waals surface area contributed by atoms with Crippen LogP contribution in [0.25, 0.3) is 75.9 Å². The van der Waals surface area contributed by atoms with Gasteiger partial charge in [-0.25, -0.2) is 0 Å². The number of fused-ring (bicyclic) bond motifs is 10. The van der Waals surface area contributed by atoms with Gasteiger partial charge in [0.25, 0.3) is 0 Å². The maximum Gasteiger partial charge on any atom is 0.197 e. The Hall–Kier alpha value is -6.22. The molecule has 0 unspecified atom stereocenters. The van der Waals surface area contributed by atoms with Crippen LogP contribution in [0, 0.1) is 0 Å². The molecule has 2 aliphatic carbocycles. The molecule has 0 N–H and O–H groups in total. The Balaban J connectivity index is 0.981. The molecule has 6 nitrogen and oxygen atoms in total. The molecule has 0 saturated carbocycles. The molecule has 0 saturated heterocycles. The zero-order chi connectivity index (χ0) is 35.2. The molecule has 0 aliphatic heterocycles. The summed E-state index contributed by atoms with van der Waals surface area (Å²) in [6.45, 7) is 0. The van der Waals surface area contributed by atoms with E-state index in [1.165, 1.54) is 0 Å². The standard InChI is InChI=1S/C44H24N2O4S2/c1-45-35-19-32-36(46(2)38-18-26(52-44(32)38)16-34-41(49)29-13-23-9-5-6-10-24(23)14-30(29)42(34)50)20-31(35)43-37(45)17-25(51-43)15-33-39(47)27-11-21-7-3-4-8-22(21)12-28(27)40(33)48/h3-20H,1-2H3. The molecule has 2 aliphatic rings. The van der Waals surface area contributed by atoms with E-state index in [4.69, 9.17) is 0 Å². The van der Waals surface area contributed by atoms with Crippen LogP contribution in [0.4, 0.5) is 0 Å². The highest BCUT2D eigenvalue weighted by Crippen LogP contribution is 2.43. The fourth-order valence-corrected chi connectivity index (χ4v) is 10.5. The molecule has 5 aromatic carbocycles. The number of Topliss-reactive ketones (excluding diaryl/α,β-unsaturated/α-hetero) is 4. The number of hydrogen-bond donors (Lipinski definition) is 0. The van der Waals surface area contributed by atoms with Crippen molar-refractivity contribution in [1.82, 2.24) is 9.13 Å². The van der Waals surface area contributed by atoms with Gasteiger partial charge in [-0.15, -0.1) is 22.7 Å². The van der Waals surface area contributed by atoms with Gasteiger partial charge in [0.15, 0.2) is 23.1 Å². The number of aryl methyl sites for hydroxylation is 2.